The van der Waals surface area contributed by atoms with Gasteiger partial charge in [-0.1, -0.05) is 12.1 Å². The molecule has 0 unspecified atom stereocenters. The van der Waals surface area contributed by atoms with Gasteiger partial charge in [0, 0.05) is 23.6 Å². The molecule has 10 heteroatoms. The molecule has 0 aliphatic carbocycles. The molecular formula is C21H20N4O5S. The van der Waals surface area contributed by atoms with E-state index in [-0.39, 0.29) is 5.56 Å². The molecule has 0 bridgehead atoms. The van der Waals surface area contributed by atoms with Crippen LogP contribution in [0.4, 0.5) is 11.4 Å². The number of benzene rings is 2. The molecule has 0 spiro atoms. The third-order valence-electron chi connectivity index (χ3n) is 4.94. The lowest BCUT2D eigenvalue weighted by Crippen LogP contribution is -2.17. The summed E-state index contributed by atoms with van der Waals surface area (Å²) < 4.78 is 1.90. The van der Waals surface area contributed by atoms with E-state index in [9.17, 15) is 25.0 Å². The molecule has 2 aromatic carbocycles. The molecule has 0 saturated carbocycles. The van der Waals surface area contributed by atoms with Gasteiger partial charge in [-0.25, -0.2) is 0 Å². The van der Waals surface area contributed by atoms with Crippen molar-refractivity contribution >= 4 is 28.6 Å². The largest absolute Gasteiger partial charge is 0.316 e. The summed E-state index contributed by atoms with van der Waals surface area (Å²) in [6, 6.07) is 8.94. The van der Waals surface area contributed by atoms with E-state index in [1.807, 2.05) is 44.4 Å². The maximum Gasteiger partial charge on any atom is 0.280 e. The van der Waals surface area contributed by atoms with Crippen LogP contribution < -0.4 is 4.80 Å². The Kier molecular flexibility index (Phi) is 6.11. The number of non-ortho nitro benzene ring substituents is 2. The SMILES string of the molecule is CCn1c(-c2ccc(C)c(C)c2)c(C)sc1=NC(=O)c1cc([N+](=O)[O-])cc([N+](=O)[O-])c1. The summed E-state index contributed by atoms with van der Waals surface area (Å²) >= 11 is 1.32. The molecule has 0 atom stereocenters. The van der Waals surface area contributed by atoms with Crippen molar-refractivity contribution in [3.05, 3.63) is 83.0 Å². The molecule has 31 heavy (non-hydrogen) atoms. The van der Waals surface area contributed by atoms with Crippen molar-refractivity contribution in [2.45, 2.75) is 34.2 Å². The molecule has 160 valence electrons. The summed E-state index contributed by atoms with van der Waals surface area (Å²) in [5.74, 6) is -0.776. The fraction of sp³-hybridized carbons (Fsp3) is 0.238. The topological polar surface area (TPSA) is 121 Å². The van der Waals surface area contributed by atoms with E-state index in [4.69, 9.17) is 0 Å². The zero-order valence-corrected chi connectivity index (χ0v) is 18.2. The predicted octanol–water partition coefficient (Wildman–Crippen LogP) is 4.72. The normalized spacial score (nSPS) is 11.5. The highest BCUT2D eigenvalue weighted by atomic mass is 32.1. The summed E-state index contributed by atoms with van der Waals surface area (Å²) in [6.45, 7) is 8.47. The first-order valence-corrected chi connectivity index (χ1v) is 10.2. The number of hydrogen-bond acceptors (Lipinski definition) is 6. The van der Waals surface area contributed by atoms with Crippen molar-refractivity contribution in [1.29, 1.82) is 0 Å². The van der Waals surface area contributed by atoms with E-state index in [1.54, 1.807) is 0 Å². The fourth-order valence-electron chi connectivity index (χ4n) is 3.23. The number of carbonyl (C=O) groups is 1. The number of amides is 1. The highest BCUT2D eigenvalue weighted by molar-refractivity contribution is 7.09. The molecule has 1 heterocycles. The van der Waals surface area contributed by atoms with Crippen molar-refractivity contribution in [2.24, 2.45) is 4.99 Å². The number of carbonyl (C=O) groups excluding carboxylic acids is 1. The van der Waals surface area contributed by atoms with E-state index in [1.165, 1.54) is 16.9 Å². The third kappa shape index (κ3) is 4.43. The van der Waals surface area contributed by atoms with Crippen molar-refractivity contribution in [1.82, 2.24) is 4.57 Å². The Balaban J connectivity index is 2.14. The van der Waals surface area contributed by atoms with Crippen molar-refractivity contribution in [2.75, 3.05) is 0 Å². The van der Waals surface area contributed by atoms with Crippen molar-refractivity contribution in [3.8, 4) is 11.3 Å². The Morgan fingerprint density at radius 3 is 2.13 bits per heavy atom. The van der Waals surface area contributed by atoms with Crippen LogP contribution in [0.5, 0.6) is 0 Å². The Bertz CT molecular complexity index is 1260. The van der Waals surface area contributed by atoms with Crippen molar-refractivity contribution < 1.29 is 14.6 Å². The highest BCUT2D eigenvalue weighted by Gasteiger charge is 2.20. The average molecular weight is 440 g/mol. The first kappa shape index (κ1) is 22.0. The Morgan fingerprint density at radius 1 is 1.00 bits per heavy atom. The van der Waals surface area contributed by atoms with E-state index in [2.05, 4.69) is 11.1 Å². The van der Waals surface area contributed by atoms with Crippen LogP contribution in [-0.2, 0) is 6.54 Å². The lowest BCUT2D eigenvalue weighted by molar-refractivity contribution is -0.394. The van der Waals surface area contributed by atoms with Gasteiger partial charge in [0.2, 0.25) is 0 Å². The Morgan fingerprint density at radius 2 is 1.61 bits per heavy atom. The molecule has 0 saturated heterocycles. The summed E-state index contributed by atoms with van der Waals surface area (Å²) in [7, 11) is 0. The summed E-state index contributed by atoms with van der Waals surface area (Å²) in [6.07, 6.45) is 0. The Hall–Kier alpha value is -3.66. The van der Waals surface area contributed by atoms with Crippen LogP contribution in [0.2, 0.25) is 0 Å². The van der Waals surface area contributed by atoms with E-state index in [0.29, 0.717) is 11.3 Å². The summed E-state index contributed by atoms with van der Waals surface area (Å²) in [5.41, 5.74) is 2.98. The lowest BCUT2D eigenvalue weighted by Gasteiger charge is -2.10. The zero-order chi connectivity index (χ0) is 22.9. The smallest absolute Gasteiger partial charge is 0.280 e. The number of nitrogens with zero attached hydrogens (tertiary/aromatic N) is 4. The predicted molar refractivity (Wildman–Crippen MR) is 117 cm³/mol. The number of hydrogen-bond donors (Lipinski definition) is 0. The van der Waals surface area contributed by atoms with Gasteiger partial charge >= 0.3 is 0 Å². The molecule has 9 nitrogen and oxygen atoms in total. The maximum absolute atomic E-state index is 12.8. The van der Waals surface area contributed by atoms with Gasteiger partial charge in [-0.15, -0.1) is 11.3 Å². The molecule has 3 aromatic rings. The first-order chi connectivity index (χ1) is 14.6. The van der Waals surface area contributed by atoms with Gasteiger partial charge < -0.3 is 4.57 Å². The van der Waals surface area contributed by atoms with Crippen LogP contribution >= 0.6 is 11.3 Å². The standard InChI is InChI=1S/C21H20N4O5S/c1-5-23-19(15-7-6-12(2)13(3)8-15)14(4)31-21(23)22-20(26)16-9-17(24(27)28)11-18(10-16)25(29)30/h6-11H,5H2,1-4H3. The molecule has 1 aromatic heterocycles. The van der Waals surface area contributed by atoms with Crippen LogP contribution in [-0.4, -0.2) is 20.3 Å². The van der Waals surface area contributed by atoms with Crippen molar-refractivity contribution in [3.63, 3.8) is 0 Å². The average Bonchev–Trinajstić information content (AvgIpc) is 3.04. The van der Waals surface area contributed by atoms with Crippen LogP contribution in [0.25, 0.3) is 11.3 Å². The van der Waals surface area contributed by atoms with Gasteiger partial charge in [0.15, 0.2) is 4.80 Å². The minimum atomic E-state index is -0.776. The number of thiazole rings is 1. The van der Waals surface area contributed by atoms with Crippen LogP contribution in [0.1, 0.15) is 33.3 Å². The lowest BCUT2D eigenvalue weighted by atomic mass is 10.0. The summed E-state index contributed by atoms with van der Waals surface area (Å²) in [5, 5.41) is 22.2. The van der Waals surface area contributed by atoms with Gasteiger partial charge in [-0.3, -0.25) is 25.0 Å². The van der Waals surface area contributed by atoms with E-state index in [0.717, 1.165) is 39.9 Å². The second-order valence-corrected chi connectivity index (χ2v) is 8.18. The second kappa shape index (κ2) is 8.60. The number of aryl methyl sites for hydroxylation is 3. The molecular weight excluding hydrogens is 420 g/mol. The van der Waals surface area contributed by atoms with Gasteiger partial charge in [0.1, 0.15) is 0 Å². The van der Waals surface area contributed by atoms with Crippen LogP contribution in [0, 0.1) is 41.0 Å². The monoisotopic (exact) mass is 440 g/mol. The molecule has 3 rings (SSSR count). The van der Waals surface area contributed by atoms with Gasteiger partial charge in [-0.05, 0) is 50.5 Å². The van der Waals surface area contributed by atoms with E-state index >= 15 is 0 Å². The number of nitro groups is 2. The number of aromatic nitrogens is 1. The molecule has 0 radical (unpaired) electrons. The second-order valence-electron chi connectivity index (χ2n) is 7.00. The molecule has 1 amide bonds. The van der Waals surface area contributed by atoms with Gasteiger partial charge in [0.25, 0.3) is 17.3 Å². The molecule has 0 aliphatic rings. The highest BCUT2D eigenvalue weighted by Crippen LogP contribution is 2.27. The third-order valence-corrected chi connectivity index (χ3v) is 5.94. The summed E-state index contributed by atoms with van der Waals surface area (Å²) in [4.78, 5) is 39.0. The van der Waals surface area contributed by atoms with Crippen LogP contribution in [0.15, 0.2) is 41.4 Å². The quantitative estimate of drug-likeness (QED) is 0.420. The molecule has 0 aliphatic heterocycles. The van der Waals surface area contributed by atoms with Gasteiger partial charge in [0.05, 0.1) is 27.2 Å². The number of rotatable bonds is 5. The zero-order valence-electron chi connectivity index (χ0n) is 17.4. The maximum atomic E-state index is 12.8. The minimum absolute atomic E-state index is 0.206. The molecule has 0 fully saturated rings. The first-order valence-electron chi connectivity index (χ1n) is 9.43. The van der Waals surface area contributed by atoms with E-state index < -0.39 is 27.1 Å². The Labute approximate surface area is 181 Å². The molecule has 0 N–H and O–H groups in total. The van der Waals surface area contributed by atoms with Crippen LogP contribution in [0.3, 0.4) is 0 Å². The number of nitro benzene ring substituents is 2. The fourth-order valence-corrected chi connectivity index (χ4v) is 4.29. The minimum Gasteiger partial charge on any atom is -0.316 e. The van der Waals surface area contributed by atoms with Gasteiger partial charge in [-0.2, -0.15) is 4.99 Å².